The molecule has 0 saturated carbocycles. The van der Waals surface area contributed by atoms with Gasteiger partial charge in [0.2, 0.25) is 0 Å². The third kappa shape index (κ3) is 3.58. The summed E-state index contributed by atoms with van der Waals surface area (Å²) in [5.74, 6) is 0.198. The number of phenolic OH excluding ortho intramolecular Hbond substituents is 1. The van der Waals surface area contributed by atoms with Gasteiger partial charge in [0.25, 0.3) is 5.56 Å². The molecule has 1 heterocycles. The van der Waals surface area contributed by atoms with E-state index in [-0.39, 0.29) is 5.75 Å². The Morgan fingerprint density at radius 1 is 1.18 bits per heavy atom. The maximum Gasteiger partial charge on any atom is 0.325 e. The van der Waals surface area contributed by atoms with Gasteiger partial charge in [-0.05, 0) is 38.6 Å². The van der Waals surface area contributed by atoms with Gasteiger partial charge in [0, 0.05) is 29.4 Å². The van der Waals surface area contributed by atoms with E-state index >= 15 is 0 Å². The Hall–Kier alpha value is -2.05. The minimum atomic E-state index is -0.517. The first-order valence-corrected chi connectivity index (χ1v) is 7.14. The largest absolute Gasteiger partial charge is 0.507 e. The topological polar surface area (TPSA) is 89.2 Å². The van der Waals surface area contributed by atoms with Crippen molar-refractivity contribution in [1.82, 2.24) is 14.9 Å². The quantitative estimate of drug-likeness (QED) is 0.798. The van der Waals surface area contributed by atoms with E-state index in [9.17, 15) is 14.7 Å². The SMILES string of the molecule is Cc1cc(Cl)cc(CN(C)Cc2c(C)[nH]c(=O)[nH]c2=O)c1O. The van der Waals surface area contributed by atoms with Gasteiger partial charge in [-0.1, -0.05) is 11.6 Å². The molecular weight excluding hydrogens is 306 g/mol. The summed E-state index contributed by atoms with van der Waals surface area (Å²) in [4.78, 5) is 29.7. The summed E-state index contributed by atoms with van der Waals surface area (Å²) in [6, 6.07) is 3.39. The van der Waals surface area contributed by atoms with Crippen LogP contribution in [0.1, 0.15) is 22.4 Å². The van der Waals surface area contributed by atoms with Crippen LogP contribution in [0.4, 0.5) is 0 Å². The minimum Gasteiger partial charge on any atom is -0.507 e. The molecule has 0 aliphatic heterocycles. The van der Waals surface area contributed by atoms with Crippen LogP contribution in [-0.4, -0.2) is 27.0 Å². The summed E-state index contributed by atoms with van der Waals surface area (Å²) >= 11 is 6.01. The van der Waals surface area contributed by atoms with Gasteiger partial charge in [0.05, 0.1) is 5.56 Å². The number of aromatic hydroxyl groups is 1. The summed E-state index contributed by atoms with van der Waals surface area (Å²) in [5.41, 5.74) is 1.49. The second-order valence-corrected chi connectivity index (χ2v) is 5.85. The van der Waals surface area contributed by atoms with Crippen molar-refractivity contribution < 1.29 is 5.11 Å². The van der Waals surface area contributed by atoms with Gasteiger partial charge >= 0.3 is 5.69 Å². The number of H-pyrrole nitrogens is 2. The summed E-state index contributed by atoms with van der Waals surface area (Å²) in [5, 5.41) is 10.6. The highest BCUT2D eigenvalue weighted by molar-refractivity contribution is 6.30. The highest BCUT2D eigenvalue weighted by atomic mass is 35.5. The molecule has 0 saturated heterocycles. The van der Waals surface area contributed by atoms with Crippen LogP contribution in [0, 0.1) is 13.8 Å². The number of aryl methyl sites for hydroxylation is 2. The fourth-order valence-electron chi connectivity index (χ4n) is 2.36. The maximum absolute atomic E-state index is 11.9. The van der Waals surface area contributed by atoms with Crippen molar-refractivity contribution in [2.24, 2.45) is 0 Å². The molecule has 22 heavy (non-hydrogen) atoms. The number of phenols is 1. The number of rotatable bonds is 4. The van der Waals surface area contributed by atoms with Gasteiger partial charge in [-0.3, -0.25) is 14.7 Å². The molecule has 2 rings (SSSR count). The molecular formula is C15H18ClN3O3. The van der Waals surface area contributed by atoms with Crippen LogP contribution in [-0.2, 0) is 13.1 Å². The predicted molar refractivity (Wildman–Crippen MR) is 85.4 cm³/mol. The van der Waals surface area contributed by atoms with Gasteiger partial charge in [-0.15, -0.1) is 0 Å². The first kappa shape index (κ1) is 16.3. The first-order chi connectivity index (χ1) is 10.3. The van der Waals surface area contributed by atoms with Gasteiger partial charge < -0.3 is 10.1 Å². The number of benzene rings is 1. The lowest BCUT2D eigenvalue weighted by Gasteiger charge is -2.18. The molecule has 0 aliphatic rings. The van der Waals surface area contributed by atoms with E-state index in [1.807, 2.05) is 11.9 Å². The molecule has 7 heteroatoms. The molecule has 3 N–H and O–H groups in total. The van der Waals surface area contributed by atoms with Crippen LogP contribution in [0.2, 0.25) is 5.02 Å². The second-order valence-electron chi connectivity index (χ2n) is 5.41. The fraction of sp³-hybridized carbons (Fsp3) is 0.333. The lowest BCUT2D eigenvalue weighted by Crippen LogP contribution is -2.30. The normalized spacial score (nSPS) is 11.1. The number of nitrogens with one attached hydrogen (secondary N) is 2. The molecule has 0 fully saturated rings. The summed E-state index contributed by atoms with van der Waals surface area (Å²) in [6.07, 6.45) is 0. The highest BCUT2D eigenvalue weighted by Gasteiger charge is 2.12. The zero-order chi connectivity index (χ0) is 16.4. The van der Waals surface area contributed by atoms with Gasteiger partial charge in [0.15, 0.2) is 0 Å². The molecule has 0 atom stereocenters. The van der Waals surface area contributed by atoms with Gasteiger partial charge in [-0.25, -0.2) is 4.79 Å². The van der Waals surface area contributed by atoms with Crippen molar-refractivity contribution in [1.29, 1.82) is 0 Å². The maximum atomic E-state index is 11.9. The van der Waals surface area contributed by atoms with Crippen LogP contribution in [0.15, 0.2) is 21.7 Å². The zero-order valence-corrected chi connectivity index (χ0v) is 13.4. The first-order valence-electron chi connectivity index (χ1n) is 6.76. The zero-order valence-electron chi connectivity index (χ0n) is 12.7. The van der Waals surface area contributed by atoms with E-state index in [4.69, 9.17) is 11.6 Å². The lowest BCUT2D eigenvalue weighted by molar-refractivity contribution is 0.309. The number of halogens is 1. The molecule has 0 amide bonds. The predicted octanol–water partition coefficient (Wildman–Crippen LogP) is 1.67. The van der Waals surface area contributed by atoms with E-state index in [1.165, 1.54) is 0 Å². The number of aromatic amines is 2. The van der Waals surface area contributed by atoms with E-state index in [0.717, 1.165) is 0 Å². The Morgan fingerprint density at radius 3 is 2.50 bits per heavy atom. The summed E-state index contributed by atoms with van der Waals surface area (Å²) in [7, 11) is 1.82. The number of hydrogen-bond acceptors (Lipinski definition) is 4. The van der Waals surface area contributed by atoms with Gasteiger partial charge in [-0.2, -0.15) is 0 Å². The average molecular weight is 324 g/mol. The Morgan fingerprint density at radius 2 is 1.86 bits per heavy atom. The van der Waals surface area contributed by atoms with Crippen molar-refractivity contribution in [3.05, 3.63) is 60.4 Å². The minimum absolute atomic E-state index is 0.198. The molecule has 118 valence electrons. The number of nitrogens with zero attached hydrogens (tertiary/aromatic N) is 1. The van der Waals surface area contributed by atoms with Crippen molar-refractivity contribution >= 4 is 11.6 Å². The monoisotopic (exact) mass is 323 g/mol. The Balaban J connectivity index is 2.23. The fourth-order valence-corrected chi connectivity index (χ4v) is 2.65. The van der Waals surface area contributed by atoms with Crippen molar-refractivity contribution in [2.75, 3.05) is 7.05 Å². The third-order valence-corrected chi connectivity index (χ3v) is 3.69. The number of hydrogen-bond donors (Lipinski definition) is 3. The van der Waals surface area contributed by atoms with Crippen LogP contribution < -0.4 is 11.2 Å². The average Bonchev–Trinajstić information content (AvgIpc) is 2.39. The number of aromatic nitrogens is 2. The van der Waals surface area contributed by atoms with E-state index in [1.54, 1.807) is 26.0 Å². The molecule has 1 aromatic carbocycles. The molecule has 0 radical (unpaired) electrons. The van der Waals surface area contributed by atoms with Crippen LogP contribution in [0.25, 0.3) is 0 Å². The molecule has 2 aromatic rings. The molecule has 0 bridgehead atoms. The smallest absolute Gasteiger partial charge is 0.325 e. The molecule has 1 aromatic heterocycles. The van der Waals surface area contributed by atoms with E-state index in [2.05, 4.69) is 9.97 Å². The Bertz CT molecular complexity index is 811. The van der Waals surface area contributed by atoms with Crippen molar-refractivity contribution in [2.45, 2.75) is 26.9 Å². The van der Waals surface area contributed by atoms with Gasteiger partial charge in [0.1, 0.15) is 5.75 Å². The standard InChI is InChI=1S/C15H18ClN3O3/c1-8-4-11(16)5-10(13(8)20)6-19(3)7-12-9(2)17-15(22)18-14(12)21/h4-5,20H,6-7H2,1-3H3,(H2,17,18,21,22). The van der Waals surface area contributed by atoms with Crippen LogP contribution in [0.3, 0.4) is 0 Å². The lowest BCUT2D eigenvalue weighted by atomic mass is 10.1. The molecule has 0 aliphatic carbocycles. The van der Waals surface area contributed by atoms with E-state index in [0.29, 0.717) is 40.5 Å². The third-order valence-electron chi connectivity index (χ3n) is 3.47. The van der Waals surface area contributed by atoms with Crippen LogP contribution >= 0.6 is 11.6 Å². The Labute approximate surface area is 132 Å². The molecule has 6 nitrogen and oxygen atoms in total. The van der Waals surface area contributed by atoms with Crippen LogP contribution in [0.5, 0.6) is 5.75 Å². The Kier molecular flexibility index (Phi) is 4.73. The summed E-state index contributed by atoms with van der Waals surface area (Å²) in [6.45, 7) is 4.22. The second kappa shape index (κ2) is 6.37. The van der Waals surface area contributed by atoms with Crippen molar-refractivity contribution in [3.63, 3.8) is 0 Å². The molecule has 0 unspecified atom stereocenters. The van der Waals surface area contributed by atoms with E-state index < -0.39 is 11.2 Å². The summed E-state index contributed by atoms with van der Waals surface area (Å²) < 4.78 is 0. The molecule has 0 spiro atoms. The highest BCUT2D eigenvalue weighted by Crippen LogP contribution is 2.27. The van der Waals surface area contributed by atoms with Crippen molar-refractivity contribution in [3.8, 4) is 5.75 Å².